The van der Waals surface area contributed by atoms with E-state index in [0.717, 1.165) is 51.5 Å². The van der Waals surface area contributed by atoms with Gasteiger partial charge < -0.3 is 19.8 Å². The van der Waals surface area contributed by atoms with Crippen LogP contribution in [0.15, 0.2) is 5.16 Å². The van der Waals surface area contributed by atoms with E-state index in [-0.39, 0.29) is 11.5 Å². The normalized spacial score (nSPS) is 41.8. The van der Waals surface area contributed by atoms with Gasteiger partial charge in [0.05, 0.1) is 0 Å². The molecule has 0 aromatic carbocycles. The number of nitrogens with one attached hydrogen (secondary N) is 1. The first-order valence-electron chi connectivity index (χ1n) is 9.81. The summed E-state index contributed by atoms with van der Waals surface area (Å²) in [6.07, 6.45) is 2.23. The molecule has 4 aliphatic rings. The van der Waals surface area contributed by atoms with Crippen LogP contribution in [0.2, 0.25) is 0 Å². The number of likely N-dealkylation sites (tertiary alicyclic amines) is 2. The molecule has 25 heavy (non-hydrogen) atoms. The van der Waals surface area contributed by atoms with Crippen molar-refractivity contribution in [2.24, 2.45) is 21.4 Å². The fourth-order valence-electron chi connectivity index (χ4n) is 5.50. The van der Waals surface area contributed by atoms with Crippen LogP contribution in [0, 0.1) is 16.2 Å². The van der Waals surface area contributed by atoms with Gasteiger partial charge in [-0.3, -0.25) is 4.90 Å². The fraction of sp³-hybridized carbons (Fsp3) is 0.947. The van der Waals surface area contributed by atoms with Crippen molar-refractivity contribution in [3.8, 4) is 0 Å². The second-order valence-corrected chi connectivity index (χ2v) is 9.71. The van der Waals surface area contributed by atoms with Crippen molar-refractivity contribution in [1.29, 1.82) is 0 Å². The summed E-state index contributed by atoms with van der Waals surface area (Å²) in [5.41, 5.74) is 0.788. The zero-order chi connectivity index (χ0) is 17.7. The maximum absolute atomic E-state index is 6.35. The molecule has 0 radical (unpaired) electrons. The highest BCUT2D eigenvalue weighted by Crippen LogP contribution is 2.51. The van der Waals surface area contributed by atoms with Crippen molar-refractivity contribution in [1.82, 2.24) is 15.1 Å². The average molecular weight is 351 g/mol. The molecule has 6 heteroatoms. The molecule has 142 valence electrons. The topological polar surface area (TPSA) is 49.3 Å². The molecule has 3 fully saturated rings. The van der Waals surface area contributed by atoms with Crippen LogP contribution in [-0.2, 0) is 9.57 Å². The lowest BCUT2D eigenvalue weighted by Gasteiger charge is -2.38. The SMILES string of the molecule is CN1CC2(C)CN(CC3CON=C(C4(C)CCNCC4)O3)CC2(C)C1. The van der Waals surface area contributed by atoms with Gasteiger partial charge in [0.15, 0.2) is 6.61 Å². The molecular weight excluding hydrogens is 316 g/mol. The van der Waals surface area contributed by atoms with Gasteiger partial charge in [0.1, 0.15) is 6.10 Å². The molecule has 1 N–H and O–H groups in total. The summed E-state index contributed by atoms with van der Waals surface area (Å²) in [5, 5.41) is 7.71. The Morgan fingerprint density at radius 3 is 2.36 bits per heavy atom. The van der Waals surface area contributed by atoms with Crippen LogP contribution in [0.3, 0.4) is 0 Å². The summed E-state index contributed by atoms with van der Waals surface area (Å²) < 4.78 is 6.35. The predicted molar refractivity (Wildman–Crippen MR) is 98.6 cm³/mol. The zero-order valence-corrected chi connectivity index (χ0v) is 16.3. The molecule has 3 unspecified atom stereocenters. The summed E-state index contributed by atoms with van der Waals surface area (Å²) in [6, 6.07) is 0. The summed E-state index contributed by atoms with van der Waals surface area (Å²) >= 11 is 0. The average Bonchev–Trinajstić information content (AvgIpc) is 2.90. The van der Waals surface area contributed by atoms with Crippen LogP contribution in [0.4, 0.5) is 0 Å². The van der Waals surface area contributed by atoms with Gasteiger partial charge in [0.2, 0.25) is 5.90 Å². The number of hydrogen-bond donors (Lipinski definition) is 1. The van der Waals surface area contributed by atoms with E-state index in [0.29, 0.717) is 17.4 Å². The van der Waals surface area contributed by atoms with Gasteiger partial charge in [0, 0.05) is 49.0 Å². The summed E-state index contributed by atoms with van der Waals surface area (Å²) in [6.45, 7) is 15.4. The third-order valence-corrected chi connectivity index (χ3v) is 7.21. The van der Waals surface area contributed by atoms with Gasteiger partial charge in [-0.25, -0.2) is 0 Å². The second-order valence-electron chi connectivity index (χ2n) is 9.71. The number of rotatable bonds is 3. The van der Waals surface area contributed by atoms with Gasteiger partial charge in [0.25, 0.3) is 0 Å². The number of nitrogens with zero attached hydrogens (tertiary/aromatic N) is 3. The quantitative estimate of drug-likeness (QED) is 0.833. The lowest BCUT2D eigenvalue weighted by Crippen LogP contribution is -2.47. The van der Waals surface area contributed by atoms with E-state index in [1.54, 1.807) is 0 Å². The van der Waals surface area contributed by atoms with E-state index in [2.05, 4.69) is 48.1 Å². The molecule has 0 saturated carbocycles. The minimum Gasteiger partial charge on any atom is -0.470 e. The lowest BCUT2D eigenvalue weighted by molar-refractivity contribution is -0.0200. The van der Waals surface area contributed by atoms with E-state index in [1.165, 1.54) is 13.1 Å². The van der Waals surface area contributed by atoms with Crippen molar-refractivity contribution < 1.29 is 9.57 Å². The molecule has 0 aliphatic carbocycles. The van der Waals surface area contributed by atoms with Crippen molar-refractivity contribution in [3.63, 3.8) is 0 Å². The smallest absolute Gasteiger partial charge is 0.232 e. The van der Waals surface area contributed by atoms with Crippen molar-refractivity contribution >= 4 is 5.90 Å². The highest BCUT2D eigenvalue weighted by Gasteiger charge is 2.56. The van der Waals surface area contributed by atoms with Crippen LogP contribution in [0.5, 0.6) is 0 Å². The van der Waals surface area contributed by atoms with E-state index < -0.39 is 0 Å². The Hall–Kier alpha value is -0.850. The zero-order valence-electron chi connectivity index (χ0n) is 16.3. The minimum absolute atomic E-state index is 0.0199. The number of oxime groups is 1. The molecule has 6 nitrogen and oxygen atoms in total. The van der Waals surface area contributed by atoms with Crippen LogP contribution < -0.4 is 5.32 Å². The van der Waals surface area contributed by atoms with Crippen molar-refractivity contribution in [2.45, 2.75) is 39.7 Å². The lowest BCUT2D eigenvalue weighted by atomic mass is 9.71. The Kier molecular flexibility index (Phi) is 4.28. The molecule has 3 saturated heterocycles. The van der Waals surface area contributed by atoms with Crippen LogP contribution in [0.25, 0.3) is 0 Å². The van der Waals surface area contributed by atoms with Crippen LogP contribution in [-0.4, -0.2) is 81.3 Å². The molecule has 0 amide bonds. The minimum atomic E-state index is 0.0199. The Morgan fingerprint density at radius 2 is 1.72 bits per heavy atom. The van der Waals surface area contributed by atoms with Gasteiger partial charge in [-0.15, -0.1) is 0 Å². The molecule has 4 heterocycles. The maximum atomic E-state index is 6.35. The van der Waals surface area contributed by atoms with Crippen molar-refractivity contribution in [3.05, 3.63) is 0 Å². The van der Waals surface area contributed by atoms with Crippen LogP contribution in [0.1, 0.15) is 33.6 Å². The van der Waals surface area contributed by atoms with Crippen LogP contribution >= 0.6 is 0 Å². The number of ether oxygens (including phenoxy) is 1. The Bertz CT molecular complexity index is 528. The summed E-state index contributed by atoms with van der Waals surface area (Å²) in [7, 11) is 2.25. The molecule has 4 aliphatic heterocycles. The summed E-state index contributed by atoms with van der Waals surface area (Å²) in [5.74, 6) is 0.821. The Balaban J connectivity index is 1.38. The van der Waals surface area contributed by atoms with Gasteiger partial charge >= 0.3 is 0 Å². The first-order chi connectivity index (χ1) is 11.8. The van der Waals surface area contributed by atoms with E-state index in [4.69, 9.17) is 9.57 Å². The largest absolute Gasteiger partial charge is 0.470 e. The number of fused-ring (bicyclic) bond motifs is 1. The standard InChI is InChI=1S/C19H34N4O2/c1-17(5-7-20-8-6-17)16-21-24-10-15(25-16)9-23-13-18(2)11-22(4)12-19(18,3)14-23/h15,20H,5-14H2,1-4H3. The Morgan fingerprint density at radius 1 is 1.08 bits per heavy atom. The number of hydrogen-bond acceptors (Lipinski definition) is 6. The molecule has 4 rings (SSSR count). The molecule has 0 spiro atoms. The second kappa shape index (κ2) is 6.10. The Labute approximate surface area is 151 Å². The predicted octanol–water partition coefficient (Wildman–Crippen LogP) is 1.38. The van der Waals surface area contributed by atoms with Gasteiger partial charge in [-0.05, 0) is 33.0 Å². The van der Waals surface area contributed by atoms with E-state index >= 15 is 0 Å². The maximum Gasteiger partial charge on any atom is 0.232 e. The molecule has 0 bridgehead atoms. The highest BCUT2D eigenvalue weighted by molar-refractivity contribution is 5.82. The van der Waals surface area contributed by atoms with Gasteiger partial charge in [-0.2, -0.15) is 0 Å². The molecule has 0 aromatic rings. The van der Waals surface area contributed by atoms with Gasteiger partial charge in [-0.1, -0.05) is 25.9 Å². The first kappa shape index (κ1) is 17.6. The van der Waals surface area contributed by atoms with E-state index in [9.17, 15) is 0 Å². The highest BCUT2D eigenvalue weighted by atomic mass is 16.7. The molecule has 3 atom stereocenters. The summed E-state index contributed by atoms with van der Waals surface area (Å²) in [4.78, 5) is 10.7. The third kappa shape index (κ3) is 3.06. The molecule has 0 aromatic heterocycles. The molecular formula is C19H34N4O2. The van der Waals surface area contributed by atoms with Crippen molar-refractivity contribution in [2.75, 3.05) is 59.5 Å². The monoisotopic (exact) mass is 350 g/mol. The van der Waals surface area contributed by atoms with E-state index in [1.807, 2.05) is 0 Å². The fourth-order valence-corrected chi connectivity index (χ4v) is 5.50. The first-order valence-corrected chi connectivity index (χ1v) is 9.81. The third-order valence-electron chi connectivity index (χ3n) is 7.21. The number of piperidine rings is 1.